The zero-order chi connectivity index (χ0) is 20.8. The Morgan fingerprint density at radius 1 is 1.07 bits per heavy atom. The predicted molar refractivity (Wildman–Crippen MR) is 101 cm³/mol. The molecule has 4 rings (SSSR count). The highest BCUT2D eigenvalue weighted by molar-refractivity contribution is 5.86. The fraction of sp³-hybridized carbons (Fsp3) is 0.105. The van der Waals surface area contributed by atoms with E-state index in [-0.39, 0.29) is 28.4 Å². The first-order chi connectivity index (χ1) is 13.8. The summed E-state index contributed by atoms with van der Waals surface area (Å²) in [5, 5.41) is 6.50. The summed E-state index contributed by atoms with van der Waals surface area (Å²) in [7, 11) is 1.52. The van der Waals surface area contributed by atoms with Gasteiger partial charge in [-0.25, -0.2) is 4.98 Å². The molecule has 0 saturated carbocycles. The zero-order valence-electron chi connectivity index (χ0n) is 15.0. The second-order valence-corrected chi connectivity index (χ2v) is 6.18. The average molecular weight is 401 g/mol. The topological polar surface area (TPSA) is 98.8 Å². The van der Waals surface area contributed by atoms with Gasteiger partial charge in [0.25, 0.3) is 5.56 Å². The molecule has 0 amide bonds. The van der Waals surface area contributed by atoms with Crippen molar-refractivity contribution in [3.8, 4) is 22.8 Å². The Balaban J connectivity index is 1.98. The number of fused-ring (bicyclic) bond motifs is 1. The van der Waals surface area contributed by atoms with Crippen LogP contribution in [0.3, 0.4) is 0 Å². The molecule has 2 aromatic heterocycles. The summed E-state index contributed by atoms with van der Waals surface area (Å²) < 4.78 is 45.1. The molecule has 0 spiro atoms. The van der Waals surface area contributed by atoms with Crippen LogP contribution in [0, 0.1) is 0 Å². The third kappa shape index (κ3) is 3.18. The minimum Gasteiger partial charge on any atom is -0.497 e. The summed E-state index contributed by atoms with van der Waals surface area (Å²) in [6.07, 6.45) is -4.49. The largest absolute Gasteiger partial charge is 0.497 e. The van der Waals surface area contributed by atoms with Gasteiger partial charge in [-0.05, 0) is 48.5 Å². The van der Waals surface area contributed by atoms with E-state index in [9.17, 15) is 18.0 Å². The molecule has 0 saturated heterocycles. The van der Waals surface area contributed by atoms with Gasteiger partial charge in [0.2, 0.25) is 0 Å². The molecule has 148 valence electrons. The normalized spacial score (nSPS) is 11.7. The Kier molecular flexibility index (Phi) is 4.26. The summed E-state index contributed by atoms with van der Waals surface area (Å²) in [6.45, 7) is 0. The molecule has 0 atom stereocenters. The Labute approximate surface area is 161 Å². The van der Waals surface area contributed by atoms with Gasteiger partial charge < -0.3 is 10.5 Å². The van der Waals surface area contributed by atoms with Gasteiger partial charge in [0.1, 0.15) is 22.8 Å². The number of nitrogen functional groups attached to an aromatic ring is 1. The van der Waals surface area contributed by atoms with Crippen molar-refractivity contribution in [2.75, 3.05) is 12.8 Å². The van der Waals surface area contributed by atoms with Gasteiger partial charge in [-0.1, -0.05) is 0 Å². The molecule has 10 heteroatoms. The van der Waals surface area contributed by atoms with Gasteiger partial charge in [0.05, 0.1) is 18.4 Å². The molecule has 2 heterocycles. The molecule has 2 aromatic carbocycles. The van der Waals surface area contributed by atoms with E-state index >= 15 is 0 Å². The van der Waals surface area contributed by atoms with E-state index in [1.807, 2.05) is 0 Å². The van der Waals surface area contributed by atoms with Crippen molar-refractivity contribution in [3.63, 3.8) is 0 Å². The number of hydrogen-bond acceptors (Lipinski definition) is 5. The average Bonchev–Trinajstić information content (AvgIpc) is 3.08. The van der Waals surface area contributed by atoms with Gasteiger partial charge in [-0.2, -0.15) is 18.3 Å². The molecule has 4 aromatic rings. The number of nitrogens with one attached hydrogen (secondary N) is 1. The maximum Gasteiger partial charge on any atom is 0.416 e. The number of halogens is 3. The highest BCUT2D eigenvalue weighted by atomic mass is 19.4. The molecule has 7 nitrogen and oxygen atoms in total. The molecular weight excluding hydrogens is 387 g/mol. The van der Waals surface area contributed by atoms with Crippen molar-refractivity contribution >= 4 is 16.9 Å². The number of ether oxygens (including phenoxy) is 1. The number of methoxy groups -OCH3 is 1. The molecule has 29 heavy (non-hydrogen) atoms. The number of aromatic amines is 1. The highest BCUT2D eigenvalue weighted by Gasteiger charge is 2.30. The quantitative estimate of drug-likeness (QED) is 0.548. The molecule has 0 radical (unpaired) electrons. The molecular formula is C19H14F3N5O2. The van der Waals surface area contributed by atoms with E-state index in [0.29, 0.717) is 11.3 Å². The van der Waals surface area contributed by atoms with Gasteiger partial charge >= 0.3 is 6.18 Å². The van der Waals surface area contributed by atoms with Crippen molar-refractivity contribution in [3.05, 3.63) is 64.4 Å². The maximum atomic E-state index is 13.1. The number of nitrogens with zero attached hydrogens (tertiary/aromatic N) is 3. The van der Waals surface area contributed by atoms with Crippen LogP contribution in [-0.4, -0.2) is 26.9 Å². The Morgan fingerprint density at radius 2 is 1.72 bits per heavy atom. The van der Waals surface area contributed by atoms with E-state index in [1.165, 1.54) is 23.8 Å². The Bertz CT molecular complexity index is 1240. The van der Waals surface area contributed by atoms with Crippen LogP contribution in [0.5, 0.6) is 5.75 Å². The van der Waals surface area contributed by atoms with E-state index in [1.54, 1.807) is 24.3 Å². The third-order valence-electron chi connectivity index (χ3n) is 4.42. The van der Waals surface area contributed by atoms with E-state index in [2.05, 4.69) is 15.2 Å². The SMILES string of the molecule is COc1ccc(-c2nc3n[nH]c(N)c3c(=O)n2-c2ccc(C(F)(F)F)cc2)cc1. The number of aromatic nitrogens is 4. The van der Waals surface area contributed by atoms with Crippen molar-refractivity contribution in [1.29, 1.82) is 0 Å². The lowest BCUT2D eigenvalue weighted by molar-refractivity contribution is -0.137. The molecule has 0 aliphatic heterocycles. The van der Waals surface area contributed by atoms with E-state index in [4.69, 9.17) is 10.5 Å². The molecule has 0 aliphatic carbocycles. The Morgan fingerprint density at radius 3 is 2.31 bits per heavy atom. The first-order valence-corrected chi connectivity index (χ1v) is 8.38. The van der Waals surface area contributed by atoms with E-state index in [0.717, 1.165) is 12.1 Å². The summed E-state index contributed by atoms with van der Waals surface area (Å²) in [4.78, 5) is 17.6. The smallest absolute Gasteiger partial charge is 0.416 e. The van der Waals surface area contributed by atoms with Crippen molar-refractivity contribution < 1.29 is 17.9 Å². The second kappa shape index (κ2) is 6.66. The number of nitrogens with two attached hydrogens (primary N) is 1. The number of alkyl halides is 3. The van der Waals surface area contributed by atoms with Crippen LogP contribution in [-0.2, 0) is 6.18 Å². The van der Waals surface area contributed by atoms with Crippen LogP contribution in [0.25, 0.3) is 28.1 Å². The standard InChI is InChI=1S/C19H14F3N5O2/c1-29-13-8-2-10(3-9-13)17-24-16-14(15(23)25-26-16)18(28)27(17)12-6-4-11(5-7-12)19(20,21)22/h2-9H,1H3,(H3,23,25,26). The summed E-state index contributed by atoms with van der Waals surface area (Å²) in [5.74, 6) is 0.832. The number of rotatable bonds is 3. The lowest BCUT2D eigenvalue weighted by Crippen LogP contribution is -2.22. The molecule has 3 N–H and O–H groups in total. The van der Waals surface area contributed by atoms with E-state index < -0.39 is 17.3 Å². The maximum absolute atomic E-state index is 13.1. The molecule has 0 fully saturated rings. The second-order valence-electron chi connectivity index (χ2n) is 6.18. The van der Waals surface area contributed by atoms with Crippen molar-refractivity contribution in [1.82, 2.24) is 19.7 Å². The predicted octanol–water partition coefficient (Wildman–Crippen LogP) is 3.39. The third-order valence-corrected chi connectivity index (χ3v) is 4.42. The van der Waals surface area contributed by atoms with Crippen molar-refractivity contribution in [2.45, 2.75) is 6.18 Å². The fourth-order valence-corrected chi connectivity index (χ4v) is 2.97. The van der Waals surface area contributed by atoms with Gasteiger partial charge in [-0.3, -0.25) is 14.5 Å². The van der Waals surface area contributed by atoms with Crippen LogP contribution in [0.15, 0.2) is 53.3 Å². The lowest BCUT2D eigenvalue weighted by Gasteiger charge is -2.14. The van der Waals surface area contributed by atoms with Crippen LogP contribution in [0.2, 0.25) is 0 Å². The molecule has 0 unspecified atom stereocenters. The highest BCUT2D eigenvalue weighted by Crippen LogP contribution is 2.30. The molecule has 0 aliphatic rings. The number of H-pyrrole nitrogens is 1. The lowest BCUT2D eigenvalue weighted by atomic mass is 10.1. The summed E-state index contributed by atoms with van der Waals surface area (Å²) in [6, 6.07) is 11.0. The number of anilines is 1. The first kappa shape index (κ1) is 18.5. The fourth-order valence-electron chi connectivity index (χ4n) is 2.97. The van der Waals surface area contributed by atoms with Crippen LogP contribution < -0.4 is 16.0 Å². The monoisotopic (exact) mass is 401 g/mol. The number of benzene rings is 2. The van der Waals surface area contributed by atoms with Crippen LogP contribution in [0.4, 0.5) is 19.0 Å². The van der Waals surface area contributed by atoms with Crippen LogP contribution >= 0.6 is 0 Å². The zero-order valence-corrected chi connectivity index (χ0v) is 15.0. The van der Waals surface area contributed by atoms with Gasteiger partial charge in [0, 0.05) is 5.56 Å². The Hall–Kier alpha value is -3.82. The minimum absolute atomic E-state index is 0.0273. The summed E-state index contributed by atoms with van der Waals surface area (Å²) >= 11 is 0. The summed E-state index contributed by atoms with van der Waals surface area (Å²) in [5.41, 5.74) is 5.30. The minimum atomic E-state index is -4.49. The van der Waals surface area contributed by atoms with Crippen molar-refractivity contribution in [2.24, 2.45) is 0 Å². The van der Waals surface area contributed by atoms with Gasteiger partial charge in [-0.15, -0.1) is 0 Å². The number of hydrogen-bond donors (Lipinski definition) is 2. The van der Waals surface area contributed by atoms with Gasteiger partial charge in [0.15, 0.2) is 5.65 Å². The first-order valence-electron chi connectivity index (χ1n) is 8.38. The van der Waals surface area contributed by atoms with Crippen LogP contribution in [0.1, 0.15) is 5.56 Å². The molecule has 0 bridgehead atoms.